The molecule has 0 aliphatic carbocycles. The van der Waals surface area contributed by atoms with Crippen LogP contribution in [0.15, 0.2) is 30.3 Å². The molecule has 0 radical (unpaired) electrons. The molecule has 0 heterocycles. The minimum absolute atomic E-state index is 0.180. The van der Waals surface area contributed by atoms with Gasteiger partial charge in [-0.1, -0.05) is 26.0 Å². The molecule has 0 aliphatic rings. The average molecular weight is 293 g/mol. The Balaban J connectivity index is 2.46. The molecular formula is C17H18F3N. The number of nitrogens with one attached hydrogen (secondary N) is 1. The number of halogens is 3. The normalized spacial score (nSPS) is 11.2. The van der Waals surface area contributed by atoms with Crippen molar-refractivity contribution in [3.05, 3.63) is 58.9 Å². The lowest BCUT2D eigenvalue weighted by atomic mass is 9.97. The maximum absolute atomic E-state index is 13.9. The van der Waals surface area contributed by atoms with E-state index in [4.69, 9.17) is 0 Å². The maximum Gasteiger partial charge on any atom is 0.136 e. The molecule has 0 saturated heterocycles. The Labute approximate surface area is 122 Å². The van der Waals surface area contributed by atoms with Crippen molar-refractivity contribution >= 4 is 0 Å². The quantitative estimate of drug-likeness (QED) is 0.870. The summed E-state index contributed by atoms with van der Waals surface area (Å²) in [5.74, 6) is -2.68. The highest BCUT2D eigenvalue weighted by molar-refractivity contribution is 5.69. The summed E-state index contributed by atoms with van der Waals surface area (Å²) in [4.78, 5) is 0. The smallest absolute Gasteiger partial charge is 0.136 e. The van der Waals surface area contributed by atoms with Crippen molar-refractivity contribution in [3.8, 4) is 11.1 Å². The van der Waals surface area contributed by atoms with Gasteiger partial charge in [0, 0.05) is 24.7 Å². The first-order valence-electron chi connectivity index (χ1n) is 6.86. The van der Waals surface area contributed by atoms with E-state index in [0.29, 0.717) is 30.3 Å². The van der Waals surface area contributed by atoms with Crippen LogP contribution in [0.25, 0.3) is 11.1 Å². The van der Waals surface area contributed by atoms with Gasteiger partial charge in [0.05, 0.1) is 5.56 Å². The van der Waals surface area contributed by atoms with Gasteiger partial charge < -0.3 is 5.32 Å². The van der Waals surface area contributed by atoms with E-state index in [-0.39, 0.29) is 5.56 Å². The van der Waals surface area contributed by atoms with Gasteiger partial charge >= 0.3 is 0 Å². The molecule has 0 unspecified atom stereocenters. The first kappa shape index (κ1) is 15.6. The first-order chi connectivity index (χ1) is 9.88. The van der Waals surface area contributed by atoms with Gasteiger partial charge in [0.2, 0.25) is 0 Å². The second-order valence-electron chi connectivity index (χ2n) is 5.43. The van der Waals surface area contributed by atoms with Crippen molar-refractivity contribution < 1.29 is 13.2 Å². The number of hydrogen-bond acceptors (Lipinski definition) is 1. The molecule has 0 amide bonds. The Kier molecular flexibility index (Phi) is 4.68. The lowest BCUT2D eigenvalue weighted by Crippen LogP contribution is -2.21. The Morgan fingerprint density at radius 2 is 1.62 bits per heavy atom. The molecule has 0 saturated carbocycles. The van der Waals surface area contributed by atoms with Crippen LogP contribution in [0.1, 0.15) is 25.0 Å². The van der Waals surface area contributed by atoms with Crippen LogP contribution in [-0.4, -0.2) is 6.04 Å². The van der Waals surface area contributed by atoms with E-state index in [1.54, 1.807) is 13.0 Å². The monoisotopic (exact) mass is 293 g/mol. The Bertz CT molecular complexity index is 627. The highest BCUT2D eigenvalue weighted by Gasteiger charge is 2.15. The second-order valence-corrected chi connectivity index (χ2v) is 5.43. The topological polar surface area (TPSA) is 12.0 Å². The van der Waals surface area contributed by atoms with Crippen LogP contribution in [0.3, 0.4) is 0 Å². The SMILES string of the molecule is Cc1ccc(CNC(C)C)cc1-c1c(F)cc(F)cc1F. The van der Waals surface area contributed by atoms with Crippen LogP contribution < -0.4 is 5.32 Å². The van der Waals surface area contributed by atoms with E-state index in [1.807, 2.05) is 26.0 Å². The van der Waals surface area contributed by atoms with Crippen LogP contribution in [0, 0.1) is 24.4 Å². The van der Waals surface area contributed by atoms with Crippen molar-refractivity contribution in [1.29, 1.82) is 0 Å². The fraction of sp³-hybridized carbons (Fsp3) is 0.294. The fourth-order valence-electron chi connectivity index (χ4n) is 2.17. The highest BCUT2D eigenvalue weighted by atomic mass is 19.1. The van der Waals surface area contributed by atoms with Gasteiger partial charge in [0.15, 0.2) is 0 Å². The molecular weight excluding hydrogens is 275 g/mol. The molecule has 0 aliphatic heterocycles. The van der Waals surface area contributed by atoms with Gasteiger partial charge in [-0.15, -0.1) is 0 Å². The molecule has 2 aromatic rings. The molecule has 1 nitrogen and oxygen atoms in total. The zero-order valence-electron chi connectivity index (χ0n) is 12.3. The van der Waals surface area contributed by atoms with Crippen molar-refractivity contribution in [2.45, 2.75) is 33.4 Å². The molecule has 2 rings (SSSR count). The second kappa shape index (κ2) is 6.31. The average Bonchev–Trinajstić information content (AvgIpc) is 2.38. The molecule has 21 heavy (non-hydrogen) atoms. The Morgan fingerprint density at radius 3 is 2.19 bits per heavy atom. The summed E-state index contributed by atoms with van der Waals surface area (Å²) in [7, 11) is 0. The summed E-state index contributed by atoms with van der Waals surface area (Å²) >= 11 is 0. The minimum atomic E-state index is -0.913. The molecule has 0 bridgehead atoms. The van der Waals surface area contributed by atoms with Gasteiger partial charge in [0.1, 0.15) is 17.5 Å². The lowest BCUT2D eigenvalue weighted by Gasteiger charge is -2.13. The molecule has 1 N–H and O–H groups in total. The third kappa shape index (κ3) is 3.64. The summed E-state index contributed by atoms with van der Waals surface area (Å²) in [6.45, 7) is 6.43. The molecule has 0 fully saturated rings. The number of hydrogen-bond donors (Lipinski definition) is 1. The molecule has 2 aromatic carbocycles. The maximum atomic E-state index is 13.9. The van der Waals surface area contributed by atoms with Crippen LogP contribution in [0.5, 0.6) is 0 Å². The predicted octanol–water partition coefficient (Wildman–Crippen LogP) is 4.58. The van der Waals surface area contributed by atoms with Crippen molar-refractivity contribution in [2.75, 3.05) is 0 Å². The molecule has 0 atom stereocenters. The summed E-state index contributed by atoms with van der Waals surface area (Å²) in [6.07, 6.45) is 0. The molecule has 0 spiro atoms. The number of benzene rings is 2. The highest BCUT2D eigenvalue weighted by Crippen LogP contribution is 2.30. The number of aryl methyl sites for hydroxylation is 1. The lowest BCUT2D eigenvalue weighted by molar-refractivity contribution is 0.547. The van der Waals surface area contributed by atoms with Gasteiger partial charge in [-0.05, 0) is 29.7 Å². The summed E-state index contributed by atoms with van der Waals surface area (Å²) < 4.78 is 40.9. The third-order valence-corrected chi connectivity index (χ3v) is 3.29. The van der Waals surface area contributed by atoms with Crippen LogP contribution in [0.4, 0.5) is 13.2 Å². The van der Waals surface area contributed by atoms with Gasteiger partial charge in [0.25, 0.3) is 0 Å². The van der Waals surface area contributed by atoms with Crippen LogP contribution in [-0.2, 0) is 6.54 Å². The van der Waals surface area contributed by atoms with Gasteiger partial charge in [-0.2, -0.15) is 0 Å². The fourth-order valence-corrected chi connectivity index (χ4v) is 2.17. The zero-order chi connectivity index (χ0) is 15.6. The van der Waals surface area contributed by atoms with Crippen molar-refractivity contribution in [1.82, 2.24) is 5.32 Å². The van der Waals surface area contributed by atoms with Gasteiger partial charge in [-0.3, -0.25) is 0 Å². The Hall–Kier alpha value is -1.81. The molecule has 0 aromatic heterocycles. The third-order valence-electron chi connectivity index (χ3n) is 3.29. The van der Waals surface area contributed by atoms with Crippen LogP contribution in [0.2, 0.25) is 0 Å². The Morgan fingerprint density at radius 1 is 1.00 bits per heavy atom. The zero-order valence-corrected chi connectivity index (χ0v) is 12.3. The number of rotatable bonds is 4. The van der Waals surface area contributed by atoms with E-state index < -0.39 is 17.5 Å². The largest absolute Gasteiger partial charge is 0.310 e. The van der Waals surface area contributed by atoms with Crippen molar-refractivity contribution in [2.24, 2.45) is 0 Å². The van der Waals surface area contributed by atoms with E-state index in [2.05, 4.69) is 5.32 Å². The van der Waals surface area contributed by atoms with E-state index in [9.17, 15) is 13.2 Å². The molecule has 4 heteroatoms. The van der Waals surface area contributed by atoms with Crippen molar-refractivity contribution in [3.63, 3.8) is 0 Å². The summed E-state index contributed by atoms with van der Waals surface area (Å²) in [5.41, 5.74) is 1.94. The summed E-state index contributed by atoms with van der Waals surface area (Å²) in [5, 5.41) is 3.25. The van der Waals surface area contributed by atoms with E-state index in [1.165, 1.54) is 0 Å². The minimum Gasteiger partial charge on any atom is -0.310 e. The van der Waals surface area contributed by atoms with E-state index in [0.717, 1.165) is 11.1 Å². The predicted molar refractivity (Wildman–Crippen MR) is 78.5 cm³/mol. The molecule has 112 valence electrons. The summed E-state index contributed by atoms with van der Waals surface area (Å²) in [6, 6.07) is 7.19. The standard InChI is InChI=1S/C17H18F3N/c1-10(2)21-9-12-5-4-11(3)14(6-12)17-15(19)7-13(18)8-16(17)20/h4-8,10,21H,9H2,1-3H3. The van der Waals surface area contributed by atoms with Gasteiger partial charge in [-0.25, -0.2) is 13.2 Å². The van der Waals surface area contributed by atoms with E-state index >= 15 is 0 Å². The first-order valence-corrected chi connectivity index (χ1v) is 6.86. The van der Waals surface area contributed by atoms with Crippen LogP contribution >= 0.6 is 0 Å².